The molecule has 0 spiro atoms. The molecule has 1 aromatic carbocycles. The highest BCUT2D eigenvalue weighted by Crippen LogP contribution is 2.32. The van der Waals surface area contributed by atoms with Crippen molar-refractivity contribution < 1.29 is 9.21 Å². The summed E-state index contributed by atoms with van der Waals surface area (Å²) in [6, 6.07) is 15.9. The molecular formula is C20H18N2O2S. The molecule has 2 N–H and O–H groups in total. The van der Waals surface area contributed by atoms with Crippen LogP contribution in [0.2, 0.25) is 0 Å². The van der Waals surface area contributed by atoms with E-state index in [0.717, 1.165) is 11.3 Å². The van der Waals surface area contributed by atoms with E-state index in [-0.39, 0.29) is 11.8 Å². The number of aromatic nitrogens is 1. The van der Waals surface area contributed by atoms with Crippen LogP contribution in [0.5, 0.6) is 0 Å². The average Bonchev–Trinajstić information content (AvgIpc) is 3.36. The largest absolute Gasteiger partial charge is 0.456 e. The molecule has 0 saturated carbocycles. The van der Waals surface area contributed by atoms with Gasteiger partial charge >= 0.3 is 0 Å². The van der Waals surface area contributed by atoms with Crippen molar-refractivity contribution in [2.24, 2.45) is 0 Å². The highest BCUT2D eigenvalue weighted by Gasteiger charge is 2.21. The second-order valence-electron chi connectivity index (χ2n) is 5.98. The number of hydrogen-bond acceptors (Lipinski definition) is 3. The maximum atomic E-state index is 12.4. The lowest BCUT2D eigenvalue weighted by molar-refractivity contribution is 0.0923. The van der Waals surface area contributed by atoms with Crippen LogP contribution in [0.1, 0.15) is 32.7 Å². The zero-order valence-electron chi connectivity index (χ0n) is 13.8. The quantitative estimate of drug-likeness (QED) is 0.548. The molecule has 0 aliphatic heterocycles. The van der Waals surface area contributed by atoms with Crippen molar-refractivity contribution in [3.8, 4) is 0 Å². The summed E-state index contributed by atoms with van der Waals surface area (Å²) >= 11 is 1.70. The summed E-state index contributed by atoms with van der Waals surface area (Å²) in [5.74, 6) is 0.989. The highest BCUT2D eigenvalue weighted by molar-refractivity contribution is 7.10. The Balaban J connectivity index is 1.62. The van der Waals surface area contributed by atoms with Crippen molar-refractivity contribution >= 4 is 28.1 Å². The first-order valence-electron chi connectivity index (χ1n) is 8.16. The minimum Gasteiger partial charge on any atom is -0.456 e. The second kappa shape index (κ2) is 6.61. The Hall–Kier alpha value is -2.79. The Morgan fingerprint density at radius 2 is 2.08 bits per heavy atom. The van der Waals surface area contributed by atoms with Crippen molar-refractivity contribution in [2.45, 2.75) is 12.8 Å². The Morgan fingerprint density at radius 3 is 2.84 bits per heavy atom. The fourth-order valence-electron chi connectivity index (χ4n) is 3.07. The topological polar surface area (TPSA) is 58.0 Å². The molecule has 0 aliphatic rings. The Bertz CT molecular complexity index is 998. The molecule has 1 amide bonds. The van der Waals surface area contributed by atoms with Gasteiger partial charge in [0.05, 0.1) is 0 Å². The standard InChI is InChI=1S/C20H18N2O2S/c1-13-8-9-18(24-13)20(23)22-12-16(19-7-4-10-25-19)15-11-21-17-6-3-2-5-14(15)17/h2-11,16,21H,12H2,1H3,(H,22,23). The van der Waals surface area contributed by atoms with Crippen LogP contribution in [-0.2, 0) is 0 Å². The van der Waals surface area contributed by atoms with Gasteiger partial charge < -0.3 is 14.7 Å². The van der Waals surface area contributed by atoms with E-state index in [1.807, 2.05) is 31.3 Å². The first kappa shape index (κ1) is 15.7. The third-order valence-electron chi connectivity index (χ3n) is 4.31. The van der Waals surface area contributed by atoms with Crippen LogP contribution >= 0.6 is 11.3 Å². The molecule has 0 radical (unpaired) electrons. The van der Waals surface area contributed by atoms with Crippen LogP contribution in [0.4, 0.5) is 0 Å². The van der Waals surface area contributed by atoms with Gasteiger partial charge in [-0.1, -0.05) is 24.3 Å². The van der Waals surface area contributed by atoms with E-state index < -0.39 is 0 Å². The number of H-pyrrole nitrogens is 1. The van der Waals surface area contributed by atoms with Gasteiger partial charge in [-0.2, -0.15) is 0 Å². The lowest BCUT2D eigenvalue weighted by Gasteiger charge is -2.16. The molecule has 0 saturated heterocycles. The van der Waals surface area contributed by atoms with E-state index in [9.17, 15) is 4.79 Å². The number of fused-ring (bicyclic) bond motifs is 1. The van der Waals surface area contributed by atoms with Crippen LogP contribution in [0, 0.1) is 6.92 Å². The molecule has 3 heterocycles. The van der Waals surface area contributed by atoms with Gasteiger partial charge in [0.1, 0.15) is 5.76 Å². The van der Waals surface area contributed by atoms with E-state index in [4.69, 9.17) is 4.42 Å². The van der Waals surface area contributed by atoms with Crippen LogP contribution in [-0.4, -0.2) is 17.4 Å². The molecule has 1 unspecified atom stereocenters. The minimum absolute atomic E-state index is 0.0937. The van der Waals surface area contributed by atoms with Crippen molar-refractivity contribution in [3.05, 3.63) is 82.1 Å². The van der Waals surface area contributed by atoms with Gasteiger partial charge in [0.25, 0.3) is 5.91 Å². The van der Waals surface area contributed by atoms with Gasteiger partial charge in [0.2, 0.25) is 0 Å². The normalized spacial score (nSPS) is 12.4. The molecule has 4 nitrogen and oxygen atoms in total. The molecule has 126 valence electrons. The summed E-state index contributed by atoms with van der Waals surface area (Å²) in [7, 11) is 0. The number of nitrogens with one attached hydrogen (secondary N) is 2. The molecule has 0 bridgehead atoms. The zero-order chi connectivity index (χ0) is 17.2. The molecule has 0 fully saturated rings. The number of furan rings is 1. The number of aryl methyl sites for hydroxylation is 1. The summed E-state index contributed by atoms with van der Waals surface area (Å²) in [6.07, 6.45) is 2.04. The SMILES string of the molecule is Cc1ccc(C(=O)NCC(c2cccs2)c2c[nH]c3ccccc23)o1. The number of benzene rings is 1. The van der Waals surface area contributed by atoms with Gasteiger partial charge in [-0.15, -0.1) is 11.3 Å². The van der Waals surface area contributed by atoms with E-state index >= 15 is 0 Å². The van der Waals surface area contributed by atoms with E-state index in [0.29, 0.717) is 12.3 Å². The molecule has 5 heteroatoms. The molecule has 25 heavy (non-hydrogen) atoms. The zero-order valence-corrected chi connectivity index (χ0v) is 14.6. The molecule has 0 aliphatic carbocycles. The maximum absolute atomic E-state index is 12.4. The van der Waals surface area contributed by atoms with Crippen LogP contribution in [0.15, 0.2) is 64.5 Å². The fraction of sp³-hybridized carbons (Fsp3) is 0.150. The number of carbonyl (C=O) groups excluding carboxylic acids is 1. The highest BCUT2D eigenvalue weighted by atomic mass is 32.1. The molecule has 3 aromatic heterocycles. The smallest absolute Gasteiger partial charge is 0.287 e. The van der Waals surface area contributed by atoms with Crippen molar-refractivity contribution in [3.63, 3.8) is 0 Å². The Morgan fingerprint density at radius 1 is 1.20 bits per heavy atom. The van der Waals surface area contributed by atoms with Gasteiger partial charge in [-0.25, -0.2) is 0 Å². The third kappa shape index (κ3) is 3.10. The van der Waals surface area contributed by atoms with E-state index in [1.54, 1.807) is 23.5 Å². The van der Waals surface area contributed by atoms with Crippen molar-refractivity contribution in [1.82, 2.24) is 10.3 Å². The summed E-state index contributed by atoms with van der Waals surface area (Å²) in [5.41, 5.74) is 2.29. The summed E-state index contributed by atoms with van der Waals surface area (Å²) in [5, 5.41) is 6.26. The fourth-order valence-corrected chi connectivity index (χ4v) is 3.92. The summed E-state index contributed by atoms with van der Waals surface area (Å²) in [4.78, 5) is 16.9. The number of rotatable bonds is 5. The lowest BCUT2D eigenvalue weighted by atomic mass is 9.96. The second-order valence-corrected chi connectivity index (χ2v) is 6.96. The number of para-hydroxylation sites is 1. The van der Waals surface area contributed by atoms with Crippen LogP contribution in [0.3, 0.4) is 0 Å². The first-order chi connectivity index (χ1) is 12.2. The molecule has 4 rings (SSSR count). The number of amides is 1. The van der Waals surface area contributed by atoms with Crippen LogP contribution < -0.4 is 5.32 Å². The Kier molecular flexibility index (Phi) is 4.15. The van der Waals surface area contributed by atoms with E-state index in [2.05, 4.69) is 33.9 Å². The summed E-state index contributed by atoms with van der Waals surface area (Å²) < 4.78 is 5.41. The number of aromatic amines is 1. The summed E-state index contributed by atoms with van der Waals surface area (Å²) in [6.45, 7) is 2.35. The van der Waals surface area contributed by atoms with Crippen molar-refractivity contribution in [1.29, 1.82) is 0 Å². The van der Waals surface area contributed by atoms with Crippen LogP contribution in [0.25, 0.3) is 10.9 Å². The van der Waals surface area contributed by atoms with Gasteiger partial charge in [0, 0.05) is 34.4 Å². The minimum atomic E-state index is -0.186. The maximum Gasteiger partial charge on any atom is 0.287 e. The monoisotopic (exact) mass is 350 g/mol. The van der Waals surface area contributed by atoms with Gasteiger partial charge in [-0.3, -0.25) is 4.79 Å². The number of carbonyl (C=O) groups is 1. The predicted molar refractivity (Wildman–Crippen MR) is 100 cm³/mol. The van der Waals surface area contributed by atoms with Gasteiger partial charge in [0.15, 0.2) is 5.76 Å². The first-order valence-corrected chi connectivity index (χ1v) is 9.04. The van der Waals surface area contributed by atoms with Crippen molar-refractivity contribution in [2.75, 3.05) is 6.54 Å². The molecular weight excluding hydrogens is 332 g/mol. The van der Waals surface area contributed by atoms with Gasteiger partial charge in [-0.05, 0) is 42.1 Å². The molecule has 1 atom stereocenters. The predicted octanol–water partition coefficient (Wildman–Crippen LogP) is 4.69. The lowest BCUT2D eigenvalue weighted by Crippen LogP contribution is -2.28. The van der Waals surface area contributed by atoms with E-state index in [1.165, 1.54) is 15.8 Å². The average molecular weight is 350 g/mol. The number of hydrogen-bond donors (Lipinski definition) is 2. The Labute approximate surface area is 149 Å². The third-order valence-corrected chi connectivity index (χ3v) is 5.30. The number of thiophene rings is 1. The molecule has 4 aromatic rings.